The molecule has 0 bridgehead atoms. The van der Waals surface area contributed by atoms with Crippen molar-refractivity contribution in [3.05, 3.63) is 313 Å². The molecule has 16 aromatic rings. The molecule has 5 heteroatoms. The number of fused-ring (bicyclic) bond motifs is 22. The number of hydrogen-bond acceptors (Lipinski definition) is 4. The van der Waals surface area contributed by atoms with E-state index >= 15 is 0 Å². The fourth-order valence-electron chi connectivity index (χ4n) is 14.5. The van der Waals surface area contributed by atoms with Gasteiger partial charge in [-0.05, 0) is 120 Å². The van der Waals surface area contributed by atoms with Gasteiger partial charge in [0, 0.05) is 54.1 Å². The van der Waals surface area contributed by atoms with Gasteiger partial charge in [0.2, 0.25) is 5.95 Å². The summed E-state index contributed by atoms with van der Waals surface area (Å²) >= 11 is 1.88. The molecule has 18 rings (SSSR count). The molecule has 0 saturated carbocycles. The van der Waals surface area contributed by atoms with Crippen LogP contribution in [0, 0.1) is 0 Å². The van der Waals surface area contributed by atoms with Crippen LogP contribution in [0.4, 0.5) is 17.1 Å². The molecule has 4 nitrogen and oxygen atoms in total. The first-order valence-corrected chi connectivity index (χ1v) is 29.6. The Kier molecular flexibility index (Phi) is 10.1. The Morgan fingerprint density at radius 2 is 0.821 bits per heavy atom. The fraction of sp³-hybridized carbons (Fsp3) is 0.0127. The maximum atomic E-state index is 5.56. The summed E-state index contributed by atoms with van der Waals surface area (Å²) in [5.41, 5.74) is 21.6. The zero-order chi connectivity index (χ0) is 55.0. The lowest BCUT2D eigenvalue weighted by molar-refractivity contribution is 0.793. The lowest BCUT2D eigenvalue weighted by Gasteiger charge is -2.32. The Morgan fingerprint density at radius 1 is 0.333 bits per heavy atom. The predicted octanol–water partition coefficient (Wildman–Crippen LogP) is 21.1. The first kappa shape index (κ1) is 47.0. The topological polar surface area (TPSA) is 34.0 Å². The molecule has 2 aliphatic carbocycles. The van der Waals surface area contributed by atoms with Gasteiger partial charge in [-0.3, -0.25) is 4.57 Å². The maximum absolute atomic E-state index is 5.56. The Morgan fingerprint density at radius 3 is 1.44 bits per heavy atom. The molecule has 84 heavy (non-hydrogen) atoms. The van der Waals surface area contributed by atoms with E-state index in [0.717, 1.165) is 56.0 Å². The Bertz CT molecular complexity index is 5250. The third kappa shape index (κ3) is 6.64. The van der Waals surface area contributed by atoms with E-state index in [1.165, 1.54) is 103 Å². The van der Waals surface area contributed by atoms with Crippen molar-refractivity contribution in [1.29, 1.82) is 0 Å². The second kappa shape index (κ2) is 18.1. The largest absolute Gasteiger partial charge is 0.309 e. The SMILES string of the molecule is c1ccc(-c2ccc(N(c3ccc4c(c3)C3(c5ccccc5-c5ccccc53)c3ccccc3-4)c3cccc4c3sc3ccc5c(c34)c3c4ccccc4c4ccccc4c3n5-c3nc(-c4ccccc4)cc(-c4ccccc4)n3)cc2)cc1. The van der Waals surface area contributed by atoms with Gasteiger partial charge >= 0.3 is 0 Å². The molecule has 3 aromatic heterocycles. The van der Waals surface area contributed by atoms with Gasteiger partial charge in [-0.1, -0.05) is 243 Å². The van der Waals surface area contributed by atoms with Crippen LogP contribution in [0.25, 0.3) is 125 Å². The summed E-state index contributed by atoms with van der Waals surface area (Å²) in [4.78, 5) is 13.6. The standard InChI is InChI=1S/C79H48N4S/c1-4-21-49(22-5-1)50-39-41-53(42-40-50)82(54-43-44-60-59-31-16-19-37-66(59)79(67(60)47-54)64-35-17-14-29-57(64)58-30-15-18-36-65(58)79)71-38-20-34-63-73-72(84-77(63)71)46-45-70-75(73)74-61-32-12-10-27-55(61)56-28-11-13-33-62(56)76(74)83(70)78-80-68(51-23-6-2-7-24-51)48-69(81-78)52-25-8-3-9-26-52/h1-48H. The van der Waals surface area contributed by atoms with Gasteiger partial charge in [-0.2, -0.15) is 0 Å². The normalized spacial score (nSPS) is 12.9. The number of anilines is 3. The molecule has 0 fully saturated rings. The quantitative estimate of drug-likeness (QED) is 0.149. The van der Waals surface area contributed by atoms with Crippen molar-refractivity contribution in [2.75, 3.05) is 4.90 Å². The van der Waals surface area contributed by atoms with Crippen LogP contribution in [0.3, 0.4) is 0 Å². The zero-order valence-electron chi connectivity index (χ0n) is 45.4. The number of nitrogens with zero attached hydrogens (tertiary/aromatic N) is 4. The summed E-state index contributed by atoms with van der Waals surface area (Å²) in [5, 5.41) is 9.57. The lowest BCUT2D eigenvalue weighted by atomic mass is 9.70. The van der Waals surface area contributed by atoms with Gasteiger partial charge in [-0.15, -0.1) is 11.3 Å². The molecule has 0 aliphatic heterocycles. The summed E-state index contributed by atoms with van der Waals surface area (Å²) in [6, 6.07) is 107. The van der Waals surface area contributed by atoms with Gasteiger partial charge in [0.25, 0.3) is 0 Å². The summed E-state index contributed by atoms with van der Waals surface area (Å²) < 4.78 is 4.79. The van der Waals surface area contributed by atoms with Crippen LogP contribution in [-0.2, 0) is 5.41 Å². The van der Waals surface area contributed by atoms with E-state index in [9.17, 15) is 0 Å². The van der Waals surface area contributed by atoms with Crippen LogP contribution in [0.2, 0.25) is 0 Å². The monoisotopic (exact) mass is 1080 g/mol. The number of hydrogen-bond donors (Lipinski definition) is 0. The lowest BCUT2D eigenvalue weighted by Crippen LogP contribution is -2.26. The molecule has 0 unspecified atom stereocenters. The van der Waals surface area contributed by atoms with Crippen molar-refractivity contribution < 1.29 is 0 Å². The van der Waals surface area contributed by atoms with Gasteiger partial charge in [0.05, 0.1) is 38.2 Å². The number of thiophene rings is 1. The molecule has 1 spiro atoms. The van der Waals surface area contributed by atoms with Gasteiger partial charge < -0.3 is 4.90 Å². The van der Waals surface area contributed by atoms with Crippen molar-refractivity contribution in [1.82, 2.24) is 14.5 Å². The molecular formula is C79H48N4S. The first-order chi connectivity index (χ1) is 41.7. The van der Waals surface area contributed by atoms with E-state index in [4.69, 9.17) is 9.97 Å². The van der Waals surface area contributed by atoms with Gasteiger partial charge in [-0.25, -0.2) is 9.97 Å². The number of aromatic nitrogens is 3. The van der Waals surface area contributed by atoms with Crippen LogP contribution in [0.15, 0.2) is 291 Å². The van der Waals surface area contributed by atoms with E-state index in [0.29, 0.717) is 5.95 Å². The molecule has 13 aromatic carbocycles. The number of benzene rings is 13. The van der Waals surface area contributed by atoms with Crippen molar-refractivity contribution in [3.8, 4) is 61.8 Å². The fourth-order valence-corrected chi connectivity index (χ4v) is 15.8. The van der Waals surface area contributed by atoms with Crippen LogP contribution in [0.5, 0.6) is 0 Å². The second-order valence-corrected chi connectivity index (χ2v) is 23.3. The summed E-state index contributed by atoms with van der Waals surface area (Å²) in [6.07, 6.45) is 0. The predicted molar refractivity (Wildman–Crippen MR) is 352 cm³/mol. The third-order valence-electron chi connectivity index (χ3n) is 18.0. The Balaban J connectivity index is 0.927. The highest BCUT2D eigenvalue weighted by atomic mass is 32.1. The summed E-state index contributed by atoms with van der Waals surface area (Å²) in [6.45, 7) is 0. The maximum Gasteiger partial charge on any atom is 0.235 e. The minimum atomic E-state index is -0.499. The van der Waals surface area contributed by atoms with Crippen molar-refractivity contribution >= 4 is 91.9 Å². The van der Waals surface area contributed by atoms with Crippen LogP contribution < -0.4 is 4.90 Å². The molecule has 0 amide bonds. The highest BCUT2D eigenvalue weighted by Crippen LogP contribution is 2.63. The molecule has 2 aliphatic rings. The number of rotatable bonds is 7. The van der Waals surface area contributed by atoms with E-state index in [-0.39, 0.29) is 0 Å². The minimum absolute atomic E-state index is 0.499. The third-order valence-corrected chi connectivity index (χ3v) is 19.2. The van der Waals surface area contributed by atoms with E-state index in [2.05, 4.69) is 301 Å². The highest BCUT2D eigenvalue weighted by molar-refractivity contribution is 7.26. The molecule has 0 atom stereocenters. The Hall–Kier alpha value is -10.7. The molecule has 0 N–H and O–H groups in total. The Labute approximate surface area is 489 Å². The molecule has 0 saturated heterocycles. The minimum Gasteiger partial charge on any atom is -0.309 e. The van der Waals surface area contributed by atoms with Gasteiger partial charge in [0.15, 0.2) is 0 Å². The average molecular weight is 1090 g/mol. The zero-order valence-corrected chi connectivity index (χ0v) is 46.2. The van der Waals surface area contributed by atoms with Crippen molar-refractivity contribution in [2.45, 2.75) is 5.41 Å². The smallest absolute Gasteiger partial charge is 0.235 e. The van der Waals surface area contributed by atoms with E-state index in [1.807, 2.05) is 11.3 Å². The molecule has 390 valence electrons. The molecule has 3 heterocycles. The van der Waals surface area contributed by atoms with Crippen molar-refractivity contribution in [3.63, 3.8) is 0 Å². The van der Waals surface area contributed by atoms with Crippen molar-refractivity contribution in [2.24, 2.45) is 0 Å². The molecular weight excluding hydrogens is 1040 g/mol. The molecule has 0 radical (unpaired) electrons. The van der Waals surface area contributed by atoms with Crippen LogP contribution in [0.1, 0.15) is 22.3 Å². The summed E-state index contributed by atoms with van der Waals surface area (Å²) in [5.74, 6) is 0.629. The second-order valence-electron chi connectivity index (χ2n) is 22.3. The van der Waals surface area contributed by atoms with Crippen LogP contribution >= 0.6 is 11.3 Å². The van der Waals surface area contributed by atoms with Crippen LogP contribution in [-0.4, -0.2) is 14.5 Å². The summed E-state index contributed by atoms with van der Waals surface area (Å²) in [7, 11) is 0. The van der Waals surface area contributed by atoms with Gasteiger partial charge in [0.1, 0.15) is 0 Å². The average Bonchev–Trinajstić information content (AvgIpc) is 1.58. The van der Waals surface area contributed by atoms with E-state index < -0.39 is 5.41 Å². The van der Waals surface area contributed by atoms with E-state index in [1.54, 1.807) is 0 Å². The first-order valence-electron chi connectivity index (χ1n) is 28.8. The highest BCUT2D eigenvalue weighted by Gasteiger charge is 2.51.